The van der Waals surface area contributed by atoms with Crippen LogP contribution < -0.4 is 4.90 Å². The number of aryl methyl sites for hydroxylation is 2. The maximum absolute atomic E-state index is 17.7. The van der Waals surface area contributed by atoms with Crippen LogP contribution in [-0.4, -0.2) is 27.8 Å². The van der Waals surface area contributed by atoms with Crippen LogP contribution in [0.5, 0.6) is 0 Å². The van der Waals surface area contributed by atoms with Gasteiger partial charge < -0.3 is 4.90 Å². The van der Waals surface area contributed by atoms with E-state index in [9.17, 15) is 0 Å². The van der Waals surface area contributed by atoms with E-state index >= 15 is 3.89 Å². The zero-order valence-corrected chi connectivity index (χ0v) is 20.3. The molecule has 2 aliphatic rings. The Kier molecular flexibility index (Phi) is 4.71. The van der Waals surface area contributed by atoms with Gasteiger partial charge in [0.05, 0.1) is 16.2 Å². The molecule has 0 amide bonds. The molecular weight excluding hydrogens is 417 g/mol. The lowest BCUT2D eigenvalue weighted by molar-refractivity contribution is -0.297. The normalized spacial score (nSPS) is 21.8. The zero-order valence-electron chi connectivity index (χ0n) is 19.5. The van der Waals surface area contributed by atoms with Crippen molar-refractivity contribution < 1.29 is 7.87 Å². The number of nitrogens with zero attached hydrogens (tertiary/aromatic N) is 3. The summed E-state index contributed by atoms with van der Waals surface area (Å²) < 4.78 is 21.6. The van der Waals surface area contributed by atoms with E-state index in [-0.39, 0.29) is 0 Å². The lowest BCUT2D eigenvalue weighted by Crippen LogP contribution is -2.29. The van der Waals surface area contributed by atoms with Crippen molar-refractivity contribution in [3.63, 3.8) is 0 Å². The smallest absolute Gasteiger partial charge is 0.243 e. The Hall–Kier alpha value is -3.05. The summed E-state index contributed by atoms with van der Waals surface area (Å²) in [6.45, 7) is 8.23. The van der Waals surface area contributed by atoms with Crippen LogP contribution in [0.1, 0.15) is 36.4 Å². The fourth-order valence-corrected chi connectivity index (χ4v) is 7.88. The summed E-state index contributed by atoms with van der Waals surface area (Å²) in [7, 11) is 1.07. The molecule has 0 fully saturated rings. The minimum Gasteiger partial charge on any atom is -0.378 e. The van der Waals surface area contributed by atoms with Crippen molar-refractivity contribution in [1.82, 2.24) is 3.97 Å². The van der Waals surface area contributed by atoms with Gasteiger partial charge in [-0.05, 0) is 62.2 Å². The van der Waals surface area contributed by atoms with Gasteiger partial charge >= 0.3 is 0 Å². The largest absolute Gasteiger partial charge is 0.378 e. The first-order chi connectivity index (χ1) is 15.2. The Balaban J connectivity index is 1.89. The first kappa shape index (κ1) is 20.8. The van der Waals surface area contributed by atoms with Crippen LogP contribution in [-0.2, 0) is 0 Å². The van der Waals surface area contributed by atoms with Crippen LogP contribution in [0.15, 0.2) is 82.9 Å². The number of allylic oxidation sites excluding steroid dienone is 2. The monoisotopic (exact) mass is 446 g/mol. The molecule has 0 aliphatic carbocycles. The van der Waals surface area contributed by atoms with E-state index in [0.717, 1.165) is 50.8 Å². The molecule has 0 saturated carbocycles. The summed E-state index contributed by atoms with van der Waals surface area (Å²) >= 11 is 0. The van der Waals surface area contributed by atoms with E-state index in [1.54, 1.807) is 0 Å². The summed E-state index contributed by atoms with van der Waals surface area (Å²) in [6.07, 6.45) is 2.12. The van der Waals surface area contributed by atoms with Crippen LogP contribution in [0.4, 0.5) is 9.57 Å². The highest BCUT2D eigenvalue weighted by atomic mass is 32.3. The summed E-state index contributed by atoms with van der Waals surface area (Å²) in [6, 6.07) is 20.3. The maximum Gasteiger partial charge on any atom is 0.243 e. The van der Waals surface area contributed by atoms with Gasteiger partial charge in [-0.15, -0.1) is 7.87 Å². The van der Waals surface area contributed by atoms with Crippen LogP contribution in [0, 0.1) is 13.8 Å². The van der Waals surface area contributed by atoms with E-state index in [1.165, 1.54) is 0 Å². The molecule has 3 nitrogen and oxygen atoms in total. The number of hydrogen-bond acceptors (Lipinski definition) is 1. The number of fused-ring (bicyclic) bond motifs is 2. The molecule has 3 heterocycles. The van der Waals surface area contributed by atoms with E-state index in [1.807, 2.05) is 66.2 Å². The van der Waals surface area contributed by atoms with Crippen molar-refractivity contribution >= 4 is 27.8 Å². The van der Waals surface area contributed by atoms with E-state index < -0.39 is 10.8 Å². The van der Waals surface area contributed by atoms with Gasteiger partial charge in [0.15, 0.2) is 5.71 Å². The second kappa shape index (κ2) is 7.24. The summed E-state index contributed by atoms with van der Waals surface area (Å²) in [4.78, 5) is 2.80. The SMILES string of the molecule is CC1=CC(C)=[N+]2C1=C(c1ccc(N(C)C)cc1)c1c(C)cc(C)n1S2(F)c1ccccc1. The molecule has 2 aliphatic heterocycles. The molecule has 3 aromatic rings. The highest BCUT2D eigenvalue weighted by molar-refractivity contribution is 8.23. The fraction of sp³-hybridized carbons (Fsp3) is 0.222. The van der Waals surface area contributed by atoms with Crippen LogP contribution in [0.25, 0.3) is 5.57 Å². The van der Waals surface area contributed by atoms with Gasteiger partial charge in [0.25, 0.3) is 0 Å². The van der Waals surface area contributed by atoms with Crippen molar-refractivity contribution in [1.29, 1.82) is 0 Å². The third-order valence-corrected chi connectivity index (χ3v) is 9.10. The second-order valence-electron chi connectivity index (χ2n) is 8.83. The van der Waals surface area contributed by atoms with Crippen molar-refractivity contribution in [2.75, 3.05) is 19.0 Å². The predicted octanol–water partition coefficient (Wildman–Crippen LogP) is 6.80. The number of anilines is 1. The van der Waals surface area contributed by atoms with E-state index in [4.69, 9.17) is 0 Å². The Morgan fingerprint density at radius 3 is 2.19 bits per heavy atom. The van der Waals surface area contributed by atoms with Crippen molar-refractivity contribution in [2.24, 2.45) is 0 Å². The molecule has 1 atom stereocenters. The number of aromatic nitrogens is 1. The van der Waals surface area contributed by atoms with Gasteiger partial charge in [-0.3, -0.25) is 0 Å². The van der Waals surface area contributed by atoms with Crippen LogP contribution >= 0.6 is 10.8 Å². The fourth-order valence-electron chi connectivity index (χ4n) is 4.97. The van der Waals surface area contributed by atoms with Crippen molar-refractivity contribution in [3.05, 3.63) is 101 Å². The van der Waals surface area contributed by atoms with Crippen LogP contribution in [0.3, 0.4) is 0 Å². The Morgan fingerprint density at radius 2 is 1.56 bits per heavy atom. The molecule has 5 heteroatoms. The number of hydrogen-bond donors (Lipinski definition) is 0. The number of benzene rings is 2. The minimum absolute atomic E-state index is 0.710. The topological polar surface area (TPSA) is 11.2 Å². The molecule has 0 saturated heterocycles. The van der Waals surface area contributed by atoms with Gasteiger partial charge in [-0.1, -0.05) is 30.3 Å². The van der Waals surface area contributed by atoms with Crippen LogP contribution in [0.2, 0.25) is 0 Å². The molecule has 0 radical (unpaired) electrons. The molecule has 2 aromatic carbocycles. The lowest BCUT2D eigenvalue weighted by Gasteiger charge is -2.36. The Bertz CT molecular complexity index is 1330. The zero-order chi connectivity index (χ0) is 22.8. The van der Waals surface area contributed by atoms with Gasteiger partial charge in [0, 0.05) is 44.0 Å². The summed E-state index contributed by atoms with van der Waals surface area (Å²) in [5, 5.41) is 0. The number of rotatable bonds is 3. The molecule has 1 unspecified atom stereocenters. The first-order valence-electron chi connectivity index (χ1n) is 10.9. The molecular formula is C27H29FN3S+. The summed E-state index contributed by atoms with van der Waals surface area (Å²) in [5.41, 5.74) is 9.40. The second-order valence-corrected chi connectivity index (χ2v) is 11.0. The van der Waals surface area contributed by atoms with Gasteiger partial charge in [-0.2, -0.15) is 0 Å². The maximum atomic E-state index is 17.7. The van der Waals surface area contributed by atoms with Crippen molar-refractivity contribution in [2.45, 2.75) is 32.6 Å². The molecule has 32 heavy (non-hydrogen) atoms. The quantitative estimate of drug-likeness (QED) is 0.403. The third kappa shape index (κ3) is 2.77. The molecule has 0 N–H and O–H groups in total. The van der Waals surface area contributed by atoms with Gasteiger partial charge in [-0.25, -0.2) is 3.97 Å². The summed E-state index contributed by atoms with van der Waals surface area (Å²) in [5.74, 6) is 0. The first-order valence-corrected chi connectivity index (χ1v) is 12.3. The standard InChI is InChI=1S/C27H29FN3S/c1-18-16-20(3)30-26(18)25(22-12-14-23(15-13-22)29(5)6)27-19(2)17-21(4)31(27)32(30,28)24-10-8-7-9-11-24/h7-17H,1-6H3/q+1. The Labute approximate surface area is 191 Å². The van der Waals surface area contributed by atoms with Gasteiger partial charge in [0.2, 0.25) is 16.5 Å². The highest BCUT2D eigenvalue weighted by Gasteiger charge is 2.53. The lowest BCUT2D eigenvalue weighted by atomic mass is 9.95. The average Bonchev–Trinajstić information content (AvgIpc) is 3.25. The minimum atomic E-state index is -3.02. The third-order valence-electron chi connectivity index (χ3n) is 6.32. The Morgan fingerprint density at radius 1 is 0.906 bits per heavy atom. The average molecular weight is 447 g/mol. The molecule has 1 aromatic heterocycles. The molecule has 0 bridgehead atoms. The number of halogens is 1. The van der Waals surface area contributed by atoms with Gasteiger partial charge in [0.1, 0.15) is 0 Å². The highest BCUT2D eigenvalue weighted by Crippen LogP contribution is 2.67. The molecule has 0 spiro atoms. The predicted molar refractivity (Wildman–Crippen MR) is 134 cm³/mol. The van der Waals surface area contributed by atoms with Crippen molar-refractivity contribution in [3.8, 4) is 0 Å². The molecule has 5 rings (SSSR count). The van der Waals surface area contributed by atoms with E-state index in [0.29, 0.717) is 4.90 Å². The molecule has 164 valence electrons. The van der Waals surface area contributed by atoms with E-state index in [2.05, 4.69) is 55.2 Å².